The van der Waals surface area contributed by atoms with Crippen LogP contribution in [0.4, 0.5) is 4.79 Å². The van der Waals surface area contributed by atoms with Crippen LogP contribution in [0, 0.1) is 0 Å². The molecule has 0 spiro atoms. The number of rotatable bonds is 3. The molecule has 2 N–H and O–H groups in total. The van der Waals surface area contributed by atoms with E-state index in [1.807, 2.05) is 36.4 Å². The van der Waals surface area contributed by atoms with Gasteiger partial charge in [0.1, 0.15) is 6.61 Å². The number of fused-ring (bicyclic) bond motifs is 1. The molecule has 1 aliphatic carbocycles. The molecule has 1 unspecified atom stereocenters. The van der Waals surface area contributed by atoms with E-state index in [0.29, 0.717) is 11.3 Å². The summed E-state index contributed by atoms with van der Waals surface area (Å²) in [6, 6.07) is 9.18. The van der Waals surface area contributed by atoms with E-state index >= 15 is 0 Å². The van der Waals surface area contributed by atoms with Crippen molar-refractivity contribution in [2.45, 2.75) is 25.6 Å². The van der Waals surface area contributed by atoms with Crippen molar-refractivity contribution in [3.8, 4) is 0 Å². The van der Waals surface area contributed by atoms with Crippen LogP contribution in [0.25, 0.3) is 0 Å². The summed E-state index contributed by atoms with van der Waals surface area (Å²) in [5, 5.41) is 4.95. The van der Waals surface area contributed by atoms with Crippen molar-refractivity contribution in [3.05, 3.63) is 59.3 Å². The van der Waals surface area contributed by atoms with E-state index in [1.165, 1.54) is 4.90 Å². The third kappa shape index (κ3) is 3.71. The Kier molecular flexibility index (Phi) is 4.83. The molecule has 3 rings (SSSR count). The molecule has 0 bridgehead atoms. The number of nitrogens with zero attached hydrogens (tertiary/aromatic N) is 1. The largest absolute Gasteiger partial charge is 0.445 e. The summed E-state index contributed by atoms with van der Waals surface area (Å²) >= 11 is 0. The van der Waals surface area contributed by atoms with Gasteiger partial charge in [0, 0.05) is 7.05 Å². The normalized spacial score (nSPS) is 19.9. The summed E-state index contributed by atoms with van der Waals surface area (Å²) in [4.78, 5) is 38.2. The molecule has 1 aromatic rings. The van der Waals surface area contributed by atoms with Crippen LogP contribution in [-0.4, -0.2) is 36.0 Å². The van der Waals surface area contributed by atoms with Gasteiger partial charge in [-0.25, -0.2) is 4.79 Å². The Balaban J connectivity index is 1.66. The number of nitrogens with one attached hydrogen (secondary N) is 2. The highest BCUT2D eigenvalue weighted by Crippen LogP contribution is 2.24. The first-order valence-corrected chi connectivity index (χ1v) is 8.02. The second-order valence-electron chi connectivity index (χ2n) is 5.79. The minimum atomic E-state index is -1.17. The monoisotopic (exact) mass is 341 g/mol. The predicted molar refractivity (Wildman–Crippen MR) is 89.9 cm³/mol. The standard InChI is InChI=1S/C18H19N3O4/c1-21-14-10-6-5-9-13(14)16(22)19-15(17(21)23)20-18(24)25-11-12-7-3-2-4-8-12/h2-4,7-10,15H,5-6,11H2,1H3,(H,19,22)(H,20,24). The number of amides is 3. The van der Waals surface area contributed by atoms with Crippen molar-refractivity contribution in [2.75, 3.05) is 7.05 Å². The number of alkyl carbamates (subject to hydrolysis) is 1. The van der Waals surface area contributed by atoms with Crippen molar-refractivity contribution in [2.24, 2.45) is 0 Å². The lowest BCUT2D eigenvalue weighted by Gasteiger charge is -2.23. The van der Waals surface area contributed by atoms with Crippen LogP contribution in [0.2, 0.25) is 0 Å². The molecule has 1 aromatic carbocycles. The minimum Gasteiger partial charge on any atom is -0.445 e. The van der Waals surface area contributed by atoms with Gasteiger partial charge in [-0.15, -0.1) is 0 Å². The zero-order valence-electron chi connectivity index (χ0n) is 13.8. The Morgan fingerprint density at radius 2 is 1.96 bits per heavy atom. The Labute approximate surface area is 145 Å². The fourth-order valence-corrected chi connectivity index (χ4v) is 2.75. The third-order valence-electron chi connectivity index (χ3n) is 4.06. The molecule has 1 saturated heterocycles. The Bertz CT molecular complexity index is 755. The van der Waals surface area contributed by atoms with Crippen molar-refractivity contribution in [3.63, 3.8) is 0 Å². The Hall–Kier alpha value is -3.09. The van der Waals surface area contributed by atoms with Gasteiger partial charge in [0.05, 0.1) is 11.3 Å². The molecule has 1 fully saturated rings. The van der Waals surface area contributed by atoms with Crippen molar-refractivity contribution < 1.29 is 19.1 Å². The molecule has 3 amide bonds. The molecule has 25 heavy (non-hydrogen) atoms. The molecular weight excluding hydrogens is 322 g/mol. The van der Waals surface area contributed by atoms with Crippen LogP contribution in [0.15, 0.2) is 53.8 Å². The zero-order valence-corrected chi connectivity index (χ0v) is 13.8. The van der Waals surface area contributed by atoms with Crippen LogP contribution in [0.1, 0.15) is 18.4 Å². The first-order chi connectivity index (χ1) is 12.1. The number of benzene rings is 1. The first kappa shape index (κ1) is 16.8. The third-order valence-corrected chi connectivity index (χ3v) is 4.06. The van der Waals surface area contributed by atoms with Crippen LogP contribution in [0.3, 0.4) is 0 Å². The summed E-state index contributed by atoms with van der Waals surface area (Å²) in [5.74, 6) is -0.821. The smallest absolute Gasteiger partial charge is 0.409 e. The van der Waals surface area contributed by atoms with E-state index in [4.69, 9.17) is 4.74 Å². The molecule has 0 aromatic heterocycles. The SMILES string of the molecule is CN1C(=O)C(NC(=O)OCc2ccccc2)NC(=O)C2=CCCC=C21. The summed E-state index contributed by atoms with van der Waals surface area (Å²) in [6.07, 6.45) is 3.21. The quantitative estimate of drug-likeness (QED) is 0.871. The minimum absolute atomic E-state index is 0.0771. The van der Waals surface area contributed by atoms with Crippen molar-refractivity contribution in [1.29, 1.82) is 0 Å². The Morgan fingerprint density at radius 3 is 2.72 bits per heavy atom. The van der Waals surface area contributed by atoms with Gasteiger partial charge < -0.3 is 15.0 Å². The van der Waals surface area contributed by atoms with E-state index in [2.05, 4.69) is 10.6 Å². The number of carbonyl (C=O) groups is 3. The van der Waals surface area contributed by atoms with Gasteiger partial charge in [-0.2, -0.15) is 0 Å². The molecule has 1 heterocycles. The number of ether oxygens (including phenoxy) is 1. The van der Waals surface area contributed by atoms with Crippen LogP contribution in [0.5, 0.6) is 0 Å². The highest BCUT2D eigenvalue weighted by molar-refractivity contribution is 6.04. The highest BCUT2D eigenvalue weighted by Gasteiger charge is 2.35. The maximum absolute atomic E-state index is 12.5. The van der Waals surface area contributed by atoms with E-state index in [0.717, 1.165) is 18.4 Å². The average molecular weight is 341 g/mol. The summed E-state index contributed by atoms with van der Waals surface area (Å²) in [5.41, 5.74) is 1.84. The van der Waals surface area contributed by atoms with E-state index in [-0.39, 0.29) is 6.61 Å². The van der Waals surface area contributed by atoms with Crippen LogP contribution >= 0.6 is 0 Å². The fourth-order valence-electron chi connectivity index (χ4n) is 2.75. The summed E-state index contributed by atoms with van der Waals surface area (Å²) < 4.78 is 5.11. The number of carbonyl (C=O) groups excluding carboxylic acids is 3. The van der Waals surface area contributed by atoms with Crippen molar-refractivity contribution in [1.82, 2.24) is 15.5 Å². The number of hydrogen-bond acceptors (Lipinski definition) is 4. The molecule has 1 atom stereocenters. The molecule has 0 radical (unpaired) electrons. The second kappa shape index (κ2) is 7.21. The van der Waals surface area contributed by atoms with Gasteiger partial charge in [-0.05, 0) is 18.4 Å². The number of likely N-dealkylation sites (N-methyl/N-ethyl adjacent to an activating group) is 1. The van der Waals surface area contributed by atoms with E-state index in [1.54, 1.807) is 13.1 Å². The van der Waals surface area contributed by atoms with Gasteiger partial charge in [0.15, 0.2) is 6.17 Å². The summed E-state index contributed by atoms with van der Waals surface area (Å²) in [7, 11) is 1.58. The molecule has 130 valence electrons. The predicted octanol–water partition coefficient (Wildman–Crippen LogP) is 1.43. The molecular formula is C18H19N3O4. The van der Waals surface area contributed by atoms with Gasteiger partial charge >= 0.3 is 6.09 Å². The molecule has 2 aliphatic rings. The average Bonchev–Trinajstić information content (AvgIpc) is 2.73. The maximum atomic E-state index is 12.5. The number of hydrogen-bond donors (Lipinski definition) is 2. The van der Waals surface area contributed by atoms with Gasteiger partial charge in [-0.1, -0.05) is 42.5 Å². The Morgan fingerprint density at radius 1 is 1.24 bits per heavy atom. The topological polar surface area (TPSA) is 87.7 Å². The lowest BCUT2D eigenvalue weighted by atomic mass is 10.0. The number of allylic oxidation sites excluding steroid dienone is 2. The molecule has 1 aliphatic heterocycles. The van der Waals surface area contributed by atoms with Gasteiger partial charge in [0.2, 0.25) is 0 Å². The molecule has 7 heteroatoms. The van der Waals surface area contributed by atoms with Crippen molar-refractivity contribution >= 4 is 17.9 Å². The summed E-state index contributed by atoms with van der Waals surface area (Å²) in [6.45, 7) is 0.0771. The fraction of sp³-hybridized carbons (Fsp3) is 0.278. The van der Waals surface area contributed by atoms with Crippen LogP contribution in [-0.2, 0) is 20.9 Å². The highest BCUT2D eigenvalue weighted by atomic mass is 16.5. The van der Waals surface area contributed by atoms with E-state index in [9.17, 15) is 14.4 Å². The first-order valence-electron chi connectivity index (χ1n) is 8.02. The second-order valence-corrected chi connectivity index (χ2v) is 5.79. The zero-order chi connectivity index (χ0) is 17.8. The van der Waals surface area contributed by atoms with Gasteiger partial charge in [0.25, 0.3) is 11.8 Å². The lowest BCUT2D eigenvalue weighted by Crippen LogP contribution is -2.54. The van der Waals surface area contributed by atoms with Gasteiger partial charge in [-0.3, -0.25) is 14.9 Å². The lowest BCUT2D eigenvalue weighted by molar-refractivity contribution is -0.132. The van der Waals surface area contributed by atoms with E-state index < -0.39 is 24.1 Å². The maximum Gasteiger partial charge on any atom is 0.409 e. The molecule has 7 nitrogen and oxygen atoms in total. The molecule has 0 saturated carbocycles. The van der Waals surface area contributed by atoms with Crippen LogP contribution < -0.4 is 10.6 Å².